The third-order valence-corrected chi connectivity index (χ3v) is 4.96. The highest BCUT2D eigenvalue weighted by atomic mass is 35.5. The van der Waals surface area contributed by atoms with Crippen LogP contribution in [0.25, 0.3) is 0 Å². The van der Waals surface area contributed by atoms with Gasteiger partial charge in [-0.1, -0.05) is 29.3 Å². The van der Waals surface area contributed by atoms with Gasteiger partial charge in [0.05, 0.1) is 21.8 Å². The number of carbonyl (C=O) groups is 2. The molecule has 5 nitrogen and oxygen atoms in total. The molecule has 2 amide bonds. The summed E-state index contributed by atoms with van der Waals surface area (Å²) in [6.45, 7) is 3.75. The van der Waals surface area contributed by atoms with E-state index in [4.69, 9.17) is 27.6 Å². The van der Waals surface area contributed by atoms with Crippen LogP contribution >= 0.6 is 23.2 Å². The van der Waals surface area contributed by atoms with Gasteiger partial charge < -0.3 is 15.1 Å². The van der Waals surface area contributed by atoms with Crippen molar-refractivity contribution >= 4 is 40.7 Å². The van der Waals surface area contributed by atoms with Gasteiger partial charge in [-0.25, -0.2) is 0 Å². The number of nitrogens with one attached hydrogen (secondary N) is 2. The van der Waals surface area contributed by atoms with Gasteiger partial charge in [-0.3, -0.25) is 9.59 Å². The monoisotopic (exact) mass is 416 g/mol. The fourth-order valence-corrected chi connectivity index (χ4v) is 2.92. The Hall–Kier alpha value is -2.76. The molecule has 0 saturated heterocycles. The smallest absolute Gasteiger partial charge is 0.291 e. The minimum atomic E-state index is -0.655. The summed E-state index contributed by atoms with van der Waals surface area (Å²) in [6, 6.07) is 15.0. The first kappa shape index (κ1) is 20.0. The predicted molar refractivity (Wildman–Crippen MR) is 110 cm³/mol. The number of benzene rings is 2. The lowest BCUT2D eigenvalue weighted by molar-refractivity contribution is 0.0911. The Morgan fingerprint density at radius 2 is 1.64 bits per heavy atom. The highest BCUT2D eigenvalue weighted by molar-refractivity contribution is 6.42. The van der Waals surface area contributed by atoms with Crippen LogP contribution in [0.4, 0.5) is 5.69 Å². The van der Waals surface area contributed by atoms with Crippen LogP contribution in [0.2, 0.25) is 10.0 Å². The molecule has 0 spiro atoms. The number of anilines is 1. The minimum Gasteiger partial charge on any atom is -0.459 e. The fourth-order valence-electron chi connectivity index (χ4n) is 2.62. The van der Waals surface area contributed by atoms with E-state index >= 15 is 0 Å². The van der Waals surface area contributed by atoms with Crippen molar-refractivity contribution in [2.24, 2.45) is 0 Å². The highest BCUT2D eigenvalue weighted by Gasteiger charge is 2.24. The Bertz CT molecular complexity index is 997. The van der Waals surface area contributed by atoms with E-state index in [2.05, 4.69) is 10.6 Å². The largest absolute Gasteiger partial charge is 0.459 e. The quantitative estimate of drug-likeness (QED) is 0.576. The van der Waals surface area contributed by atoms with E-state index in [9.17, 15) is 9.59 Å². The number of hydrogen-bond acceptors (Lipinski definition) is 3. The zero-order valence-electron chi connectivity index (χ0n) is 15.3. The molecule has 0 bridgehead atoms. The molecule has 3 rings (SSSR count). The van der Waals surface area contributed by atoms with Crippen LogP contribution in [0, 0.1) is 0 Å². The predicted octanol–water partition coefficient (Wildman–Crippen LogP) is 5.50. The second-order valence-corrected chi connectivity index (χ2v) is 7.53. The number of carbonyl (C=O) groups excluding carboxylic acids is 2. The molecule has 0 atom stereocenters. The minimum absolute atomic E-state index is 0.213. The molecule has 1 aromatic heterocycles. The van der Waals surface area contributed by atoms with Crippen molar-refractivity contribution in [3.8, 4) is 0 Å². The standard InChI is InChI=1S/C21H18Cl2N2O3/c1-21(2,14-7-10-16(22)17(23)12-14)25-19(26)13-5-8-15(9-6-13)24-20(27)18-4-3-11-28-18/h3-12H,1-2H3,(H,24,27)(H,25,26). The van der Waals surface area contributed by atoms with E-state index in [-0.39, 0.29) is 17.6 Å². The van der Waals surface area contributed by atoms with Crippen molar-refractivity contribution in [1.29, 1.82) is 0 Å². The average Bonchev–Trinajstić information content (AvgIpc) is 3.19. The van der Waals surface area contributed by atoms with Gasteiger partial charge in [-0.15, -0.1) is 0 Å². The molecule has 2 aromatic carbocycles. The zero-order chi connectivity index (χ0) is 20.3. The Labute approximate surface area is 172 Å². The van der Waals surface area contributed by atoms with E-state index in [0.29, 0.717) is 21.3 Å². The topological polar surface area (TPSA) is 71.3 Å². The molecule has 0 fully saturated rings. The summed E-state index contributed by atoms with van der Waals surface area (Å²) in [5.74, 6) is -0.395. The highest BCUT2D eigenvalue weighted by Crippen LogP contribution is 2.28. The molecule has 0 aliphatic rings. The lowest BCUT2D eigenvalue weighted by atomic mass is 9.94. The summed E-state index contributed by atoms with van der Waals surface area (Å²) in [4.78, 5) is 24.6. The van der Waals surface area contributed by atoms with Gasteiger partial charge in [0.2, 0.25) is 0 Å². The molecule has 7 heteroatoms. The molecular weight excluding hydrogens is 399 g/mol. The SMILES string of the molecule is CC(C)(NC(=O)c1ccc(NC(=O)c2ccco2)cc1)c1ccc(Cl)c(Cl)c1. The first-order chi connectivity index (χ1) is 13.3. The maximum atomic E-state index is 12.6. The normalized spacial score (nSPS) is 11.1. The number of halogens is 2. The Morgan fingerprint density at radius 1 is 0.929 bits per heavy atom. The Kier molecular flexibility index (Phi) is 5.77. The van der Waals surface area contributed by atoms with Crippen LogP contribution in [0.15, 0.2) is 65.3 Å². The molecule has 0 saturated carbocycles. The molecule has 144 valence electrons. The van der Waals surface area contributed by atoms with Gasteiger partial charge in [-0.05, 0) is 67.9 Å². The molecule has 0 radical (unpaired) electrons. The van der Waals surface area contributed by atoms with Gasteiger partial charge in [-0.2, -0.15) is 0 Å². The molecule has 1 heterocycles. The van der Waals surface area contributed by atoms with Crippen molar-refractivity contribution < 1.29 is 14.0 Å². The lowest BCUT2D eigenvalue weighted by Gasteiger charge is -2.27. The van der Waals surface area contributed by atoms with Crippen LogP contribution in [0.5, 0.6) is 0 Å². The van der Waals surface area contributed by atoms with E-state index in [1.165, 1.54) is 6.26 Å². The van der Waals surface area contributed by atoms with Gasteiger partial charge in [0.1, 0.15) is 0 Å². The summed E-state index contributed by atoms with van der Waals surface area (Å²) < 4.78 is 5.05. The zero-order valence-corrected chi connectivity index (χ0v) is 16.8. The van der Waals surface area contributed by atoms with E-state index in [1.54, 1.807) is 48.5 Å². The third-order valence-electron chi connectivity index (χ3n) is 4.22. The second-order valence-electron chi connectivity index (χ2n) is 6.72. The van der Waals surface area contributed by atoms with Crippen LogP contribution in [-0.2, 0) is 5.54 Å². The van der Waals surface area contributed by atoms with E-state index < -0.39 is 5.54 Å². The Morgan fingerprint density at radius 3 is 2.25 bits per heavy atom. The molecule has 0 unspecified atom stereocenters. The number of hydrogen-bond donors (Lipinski definition) is 2. The third kappa shape index (κ3) is 4.55. The molecule has 2 N–H and O–H groups in total. The van der Waals surface area contributed by atoms with E-state index in [0.717, 1.165) is 5.56 Å². The van der Waals surface area contributed by atoms with E-state index in [1.807, 2.05) is 19.9 Å². The summed E-state index contributed by atoms with van der Waals surface area (Å²) in [5.41, 5.74) is 1.20. The van der Waals surface area contributed by atoms with Crippen LogP contribution in [-0.4, -0.2) is 11.8 Å². The first-order valence-electron chi connectivity index (χ1n) is 8.49. The average molecular weight is 417 g/mol. The van der Waals surface area contributed by atoms with Gasteiger partial charge >= 0.3 is 0 Å². The van der Waals surface area contributed by atoms with Crippen molar-refractivity contribution in [2.45, 2.75) is 19.4 Å². The molecule has 28 heavy (non-hydrogen) atoms. The molecular formula is C21H18Cl2N2O3. The van der Waals surface area contributed by atoms with Gasteiger partial charge in [0.25, 0.3) is 11.8 Å². The summed E-state index contributed by atoms with van der Waals surface area (Å²) in [5, 5.41) is 6.57. The maximum absolute atomic E-state index is 12.6. The second kappa shape index (κ2) is 8.09. The van der Waals surface area contributed by atoms with Crippen molar-refractivity contribution in [3.63, 3.8) is 0 Å². The van der Waals surface area contributed by atoms with Crippen molar-refractivity contribution in [3.05, 3.63) is 87.8 Å². The van der Waals surface area contributed by atoms with Crippen LogP contribution in [0.3, 0.4) is 0 Å². The fraction of sp³-hybridized carbons (Fsp3) is 0.143. The Balaban J connectivity index is 1.68. The lowest BCUT2D eigenvalue weighted by Crippen LogP contribution is -2.41. The molecule has 0 aliphatic carbocycles. The van der Waals surface area contributed by atoms with Gasteiger partial charge in [0, 0.05) is 11.3 Å². The first-order valence-corrected chi connectivity index (χ1v) is 9.25. The van der Waals surface area contributed by atoms with Crippen LogP contribution in [0.1, 0.15) is 40.3 Å². The summed E-state index contributed by atoms with van der Waals surface area (Å²) in [7, 11) is 0. The molecule has 0 aliphatic heterocycles. The maximum Gasteiger partial charge on any atom is 0.291 e. The summed E-state index contributed by atoms with van der Waals surface area (Å²) in [6.07, 6.45) is 1.43. The van der Waals surface area contributed by atoms with Crippen molar-refractivity contribution in [2.75, 3.05) is 5.32 Å². The number of amides is 2. The van der Waals surface area contributed by atoms with Crippen molar-refractivity contribution in [1.82, 2.24) is 5.32 Å². The van der Waals surface area contributed by atoms with Crippen LogP contribution < -0.4 is 10.6 Å². The summed E-state index contributed by atoms with van der Waals surface area (Å²) >= 11 is 12.0. The molecule has 3 aromatic rings. The van der Waals surface area contributed by atoms with Gasteiger partial charge in [0.15, 0.2) is 5.76 Å². The number of furan rings is 1. The number of rotatable bonds is 5.